The van der Waals surface area contributed by atoms with E-state index in [1.54, 1.807) is 0 Å². The summed E-state index contributed by atoms with van der Waals surface area (Å²) in [6, 6.07) is 3.83. The highest BCUT2D eigenvalue weighted by Gasteiger charge is 2.10. The van der Waals surface area contributed by atoms with Gasteiger partial charge in [-0.15, -0.1) is 0 Å². The van der Waals surface area contributed by atoms with E-state index in [4.69, 9.17) is 16.1 Å². The van der Waals surface area contributed by atoms with Crippen LogP contribution in [0.2, 0.25) is 5.02 Å². The number of rotatable bonds is 3. The Labute approximate surface area is 93.4 Å². The Morgan fingerprint density at radius 2 is 2.27 bits per heavy atom. The first kappa shape index (κ1) is 10.5. The Kier molecular flexibility index (Phi) is 2.93. The van der Waals surface area contributed by atoms with Crippen LogP contribution in [0.25, 0.3) is 11.0 Å². The molecule has 2 aromatic rings. The van der Waals surface area contributed by atoms with Gasteiger partial charge in [-0.1, -0.05) is 16.8 Å². The third kappa shape index (κ3) is 1.98. The average molecular weight is 225 g/mol. The van der Waals surface area contributed by atoms with Crippen molar-refractivity contribution >= 4 is 22.6 Å². The summed E-state index contributed by atoms with van der Waals surface area (Å²) in [6.45, 7) is 2.82. The molecule has 1 aromatic carbocycles. The Bertz CT molecular complexity index is 479. The standard InChI is InChI=1S/C11H13ClN2O/c1-7-10-6-9(12)5-8(3-4-13-2)11(10)15-14-7/h5-6,13H,3-4H2,1-2H3. The second-order valence-electron chi connectivity index (χ2n) is 3.56. The molecule has 1 heterocycles. The minimum Gasteiger partial charge on any atom is -0.356 e. The van der Waals surface area contributed by atoms with E-state index in [0.717, 1.165) is 40.2 Å². The number of aryl methyl sites for hydroxylation is 1. The van der Waals surface area contributed by atoms with Gasteiger partial charge in [-0.25, -0.2) is 0 Å². The molecule has 0 unspecified atom stereocenters. The molecule has 0 aliphatic carbocycles. The molecule has 0 spiro atoms. The number of likely N-dealkylation sites (N-methyl/N-ethyl adjacent to an activating group) is 1. The Morgan fingerprint density at radius 1 is 1.47 bits per heavy atom. The fraction of sp³-hybridized carbons (Fsp3) is 0.364. The van der Waals surface area contributed by atoms with E-state index in [-0.39, 0.29) is 0 Å². The molecule has 15 heavy (non-hydrogen) atoms. The predicted molar refractivity (Wildman–Crippen MR) is 61.4 cm³/mol. The van der Waals surface area contributed by atoms with E-state index < -0.39 is 0 Å². The second-order valence-corrected chi connectivity index (χ2v) is 4.00. The molecule has 1 aromatic heterocycles. The first-order valence-corrected chi connectivity index (χ1v) is 5.29. The first-order valence-electron chi connectivity index (χ1n) is 4.91. The highest BCUT2D eigenvalue weighted by atomic mass is 35.5. The van der Waals surface area contributed by atoms with Gasteiger partial charge in [0.2, 0.25) is 0 Å². The molecular weight excluding hydrogens is 212 g/mol. The lowest BCUT2D eigenvalue weighted by molar-refractivity contribution is 0.448. The normalized spacial score (nSPS) is 11.1. The molecule has 0 saturated carbocycles. The van der Waals surface area contributed by atoms with Crippen molar-refractivity contribution in [2.45, 2.75) is 13.3 Å². The largest absolute Gasteiger partial charge is 0.356 e. The fourth-order valence-corrected chi connectivity index (χ4v) is 1.88. The molecule has 0 atom stereocenters. The summed E-state index contributed by atoms with van der Waals surface area (Å²) in [4.78, 5) is 0. The number of halogens is 1. The van der Waals surface area contributed by atoms with Gasteiger partial charge in [0.25, 0.3) is 0 Å². The highest BCUT2D eigenvalue weighted by Crippen LogP contribution is 2.26. The van der Waals surface area contributed by atoms with Crippen molar-refractivity contribution in [3.8, 4) is 0 Å². The van der Waals surface area contributed by atoms with Gasteiger partial charge in [0.05, 0.1) is 5.69 Å². The Morgan fingerprint density at radius 3 is 3.00 bits per heavy atom. The Hall–Kier alpha value is -1.06. The SMILES string of the molecule is CNCCc1cc(Cl)cc2c(C)noc12. The molecule has 0 bridgehead atoms. The molecule has 4 heteroatoms. The van der Waals surface area contributed by atoms with Crippen molar-refractivity contribution in [3.05, 3.63) is 28.4 Å². The number of benzene rings is 1. The predicted octanol–water partition coefficient (Wildman–Crippen LogP) is 2.55. The van der Waals surface area contributed by atoms with Crippen LogP contribution in [0.15, 0.2) is 16.7 Å². The van der Waals surface area contributed by atoms with Gasteiger partial charge in [-0.05, 0) is 39.1 Å². The second kappa shape index (κ2) is 4.21. The average Bonchev–Trinajstić information content (AvgIpc) is 2.57. The van der Waals surface area contributed by atoms with Crippen LogP contribution >= 0.6 is 11.6 Å². The third-order valence-electron chi connectivity index (χ3n) is 2.44. The van der Waals surface area contributed by atoms with E-state index >= 15 is 0 Å². The number of hydrogen-bond donors (Lipinski definition) is 1. The molecule has 0 fully saturated rings. The summed E-state index contributed by atoms with van der Waals surface area (Å²) in [5.41, 5.74) is 2.85. The third-order valence-corrected chi connectivity index (χ3v) is 2.66. The van der Waals surface area contributed by atoms with E-state index in [0.29, 0.717) is 0 Å². The molecule has 0 saturated heterocycles. The van der Waals surface area contributed by atoms with Crippen LogP contribution in [-0.2, 0) is 6.42 Å². The summed E-state index contributed by atoms with van der Waals surface area (Å²) in [5.74, 6) is 0. The van der Waals surface area contributed by atoms with Crippen LogP contribution in [0, 0.1) is 6.92 Å². The molecule has 0 radical (unpaired) electrons. The molecule has 0 aliphatic rings. The molecule has 3 nitrogen and oxygen atoms in total. The summed E-state index contributed by atoms with van der Waals surface area (Å²) < 4.78 is 5.30. The molecule has 2 rings (SSSR count). The lowest BCUT2D eigenvalue weighted by Crippen LogP contribution is -2.10. The van der Waals surface area contributed by atoms with Gasteiger partial charge in [0, 0.05) is 16.0 Å². The molecule has 0 amide bonds. The quantitative estimate of drug-likeness (QED) is 0.871. The van der Waals surface area contributed by atoms with E-state index in [1.165, 1.54) is 0 Å². The van der Waals surface area contributed by atoms with Gasteiger partial charge < -0.3 is 9.84 Å². The van der Waals surface area contributed by atoms with E-state index in [2.05, 4.69) is 10.5 Å². The lowest BCUT2D eigenvalue weighted by Gasteiger charge is -2.02. The van der Waals surface area contributed by atoms with Crippen LogP contribution < -0.4 is 5.32 Å². The number of nitrogens with zero attached hydrogens (tertiary/aromatic N) is 1. The summed E-state index contributed by atoms with van der Waals surface area (Å²) in [5, 5.41) is 8.80. The van der Waals surface area contributed by atoms with Gasteiger partial charge >= 0.3 is 0 Å². The summed E-state index contributed by atoms with van der Waals surface area (Å²) in [7, 11) is 1.92. The van der Waals surface area contributed by atoms with Crippen molar-refractivity contribution in [1.82, 2.24) is 10.5 Å². The molecule has 0 aliphatic heterocycles. The zero-order valence-corrected chi connectivity index (χ0v) is 9.56. The topological polar surface area (TPSA) is 38.1 Å². The zero-order chi connectivity index (χ0) is 10.8. The van der Waals surface area contributed by atoms with Crippen LogP contribution in [-0.4, -0.2) is 18.7 Å². The van der Waals surface area contributed by atoms with Gasteiger partial charge in [0.1, 0.15) is 0 Å². The van der Waals surface area contributed by atoms with Crippen molar-refractivity contribution in [2.24, 2.45) is 0 Å². The summed E-state index contributed by atoms with van der Waals surface area (Å²) in [6.07, 6.45) is 0.891. The molecule has 1 N–H and O–H groups in total. The highest BCUT2D eigenvalue weighted by molar-refractivity contribution is 6.31. The van der Waals surface area contributed by atoms with Crippen molar-refractivity contribution in [1.29, 1.82) is 0 Å². The van der Waals surface area contributed by atoms with Crippen LogP contribution in [0.5, 0.6) is 0 Å². The van der Waals surface area contributed by atoms with Crippen LogP contribution in [0.1, 0.15) is 11.3 Å². The van der Waals surface area contributed by atoms with Gasteiger partial charge in [-0.3, -0.25) is 0 Å². The lowest BCUT2D eigenvalue weighted by atomic mass is 10.1. The van der Waals surface area contributed by atoms with Gasteiger partial charge in [0.15, 0.2) is 5.58 Å². The first-order chi connectivity index (χ1) is 7.22. The molecular formula is C11H13ClN2O. The van der Waals surface area contributed by atoms with Crippen LogP contribution in [0.3, 0.4) is 0 Å². The number of hydrogen-bond acceptors (Lipinski definition) is 3. The van der Waals surface area contributed by atoms with Crippen molar-refractivity contribution in [2.75, 3.05) is 13.6 Å². The van der Waals surface area contributed by atoms with Gasteiger partial charge in [-0.2, -0.15) is 0 Å². The summed E-state index contributed by atoms with van der Waals surface area (Å²) >= 11 is 6.04. The smallest absolute Gasteiger partial charge is 0.170 e. The maximum Gasteiger partial charge on any atom is 0.170 e. The van der Waals surface area contributed by atoms with E-state index in [9.17, 15) is 0 Å². The maximum absolute atomic E-state index is 6.04. The maximum atomic E-state index is 6.04. The van der Waals surface area contributed by atoms with Crippen molar-refractivity contribution < 1.29 is 4.52 Å². The number of fused-ring (bicyclic) bond motifs is 1. The fourth-order valence-electron chi connectivity index (χ4n) is 1.64. The van der Waals surface area contributed by atoms with E-state index in [1.807, 2.05) is 26.1 Å². The minimum absolute atomic E-state index is 0.736. The monoisotopic (exact) mass is 224 g/mol. The molecule has 80 valence electrons. The number of nitrogens with one attached hydrogen (secondary N) is 1. The zero-order valence-electron chi connectivity index (χ0n) is 8.80. The Balaban J connectivity index is 2.52. The minimum atomic E-state index is 0.736. The van der Waals surface area contributed by atoms with Crippen molar-refractivity contribution in [3.63, 3.8) is 0 Å². The number of aromatic nitrogens is 1. The van der Waals surface area contributed by atoms with Crippen LogP contribution in [0.4, 0.5) is 0 Å².